The number of hydrazine groups is 1. The van der Waals surface area contributed by atoms with E-state index < -0.39 is 12.1 Å². The van der Waals surface area contributed by atoms with Gasteiger partial charge in [-0.2, -0.15) is 0 Å². The second-order valence-electron chi connectivity index (χ2n) is 4.63. The molecule has 0 saturated heterocycles. The molecule has 1 aliphatic heterocycles. The summed E-state index contributed by atoms with van der Waals surface area (Å²) in [4.78, 5) is 27.1. The number of ketones is 1. The highest BCUT2D eigenvalue weighted by Gasteiger charge is 2.26. The molecule has 1 heterocycles. The summed E-state index contributed by atoms with van der Waals surface area (Å²) in [6.07, 6.45) is 0. The van der Waals surface area contributed by atoms with Crippen molar-refractivity contribution in [2.24, 2.45) is 10.7 Å². The lowest BCUT2D eigenvalue weighted by molar-refractivity contribution is -0.114. The third-order valence-electron chi connectivity index (χ3n) is 3.04. The number of benzene rings is 1. The van der Waals surface area contributed by atoms with E-state index in [0.717, 1.165) is 5.56 Å². The minimum absolute atomic E-state index is 0.0560. The number of nitrogens with zero attached hydrogens (tertiary/aromatic N) is 1. The maximum absolute atomic E-state index is 11.9. The van der Waals surface area contributed by atoms with Crippen LogP contribution in [0.25, 0.3) is 0 Å². The maximum atomic E-state index is 11.9. The Morgan fingerprint density at radius 1 is 1.29 bits per heavy atom. The number of rotatable bonds is 2. The van der Waals surface area contributed by atoms with E-state index in [4.69, 9.17) is 5.73 Å². The first-order valence-electron chi connectivity index (χ1n) is 6.42. The fraction of sp³-hybridized carbons (Fsp3) is 0.214. The highest BCUT2D eigenvalue weighted by atomic mass is 16.2. The van der Waals surface area contributed by atoms with Crippen LogP contribution >= 0.6 is 0 Å². The Balaban J connectivity index is 2.35. The molecule has 1 aliphatic rings. The Morgan fingerprint density at radius 3 is 2.52 bits per heavy atom. The first-order chi connectivity index (χ1) is 9.99. The van der Waals surface area contributed by atoms with Crippen molar-refractivity contribution in [1.82, 2.24) is 16.2 Å². The van der Waals surface area contributed by atoms with E-state index in [0.29, 0.717) is 17.2 Å². The van der Waals surface area contributed by atoms with Gasteiger partial charge < -0.3 is 11.1 Å². The third kappa shape index (κ3) is 3.38. The van der Waals surface area contributed by atoms with E-state index in [-0.39, 0.29) is 5.78 Å². The molecule has 7 heteroatoms. The number of carbonyl (C=O) groups is 2. The zero-order valence-corrected chi connectivity index (χ0v) is 11.8. The van der Waals surface area contributed by atoms with Crippen LogP contribution in [0.15, 0.2) is 46.6 Å². The molecule has 21 heavy (non-hydrogen) atoms. The standard InChI is InChI=1S/C14H17N5O2/c1-8-11(9(2)20)12(10-6-4-3-5-7-10)17-14(16-8)19-18-13(15)21/h3-7,12H,1-2H3,(H3,15,18,21)(H2,16,17,19). The zero-order valence-electron chi connectivity index (χ0n) is 11.8. The van der Waals surface area contributed by atoms with Gasteiger partial charge in [0.1, 0.15) is 6.04 Å². The Morgan fingerprint density at radius 2 is 1.95 bits per heavy atom. The van der Waals surface area contributed by atoms with Crippen LogP contribution in [0, 0.1) is 0 Å². The van der Waals surface area contributed by atoms with Crippen molar-refractivity contribution in [3.8, 4) is 0 Å². The van der Waals surface area contributed by atoms with Gasteiger partial charge in [-0.05, 0) is 19.4 Å². The van der Waals surface area contributed by atoms with Gasteiger partial charge in [-0.3, -0.25) is 10.2 Å². The fourth-order valence-electron chi connectivity index (χ4n) is 2.19. The van der Waals surface area contributed by atoms with Gasteiger partial charge in [-0.15, -0.1) is 0 Å². The molecule has 7 nitrogen and oxygen atoms in total. The molecule has 0 spiro atoms. The summed E-state index contributed by atoms with van der Waals surface area (Å²) >= 11 is 0. The van der Waals surface area contributed by atoms with Crippen molar-refractivity contribution < 1.29 is 9.59 Å². The van der Waals surface area contributed by atoms with Crippen molar-refractivity contribution in [3.05, 3.63) is 47.2 Å². The number of amides is 2. The van der Waals surface area contributed by atoms with Crippen molar-refractivity contribution in [1.29, 1.82) is 0 Å². The monoisotopic (exact) mass is 287 g/mol. The first-order valence-corrected chi connectivity index (χ1v) is 6.42. The number of hydrogen-bond acceptors (Lipinski definition) is 5. The number of guanidine groups is 1. The second-order valence-corrected chi connectivity index (χ2v) is 4.63. The topological polar surface area (TPSA) is 109 Å². The minimum atomic E-state index is -0.727. The molecule has 1 aromatic carbocycles. The predicted molar refractivity (Wildman–Crippen MR) is 79.0 cm³/mol. The SMILES string of the molecule is CC(=O)C1=C(C)NC(NNC(N)=O)=NC1c1ccccc1. The number of nitrogens with two attached hydrogens (primary N) is 1. The Hall–Kier alpha value is -2.83. The highest BCUT2D eigenvalue weighted by molar-refractivity contribution is 5.98. The summed E-state index contributed by atoms with van der Waals surface area (Å²) in [6, 6.07) is 8.30. The smallest absolute Gasteiger partial charge is 0.330 e. The molecule has 0 aromatic heterocycles. The number of carbonyl (C=O) groups excluding carboxylic acids is 2. The lowest BCUT2D eigenvalue weighted by Gasteiger charge is -2.26. The van der Waals surface area contributed by atoms with Gasteiger partial charge in [0.25, 0.3) is 0 Å². The average molecular weight is 287 g/mol. The van der Waals surface area contributed by atoms with Crippen LogP contribution in [-0.4, -0.2) is 17.8 Å². The van der Waals surface area contributed by atoms with Crippen LogP contribution in [0.4, 0.5) is 4.79 Å². The summed E-state index contributed by atoms with van der Waals surface area (Å²) in [5.74, 6) is 0.268. The van der Waals surface area contributed by atoms with Crippen LogP contribution < -0.4 is 21.9 Å². The van der Waals surface area contributed by atoms with E-state index in [1.54, 1.807) is 6.92 Å². The maximum Gasteiger partial charge on any atom is 0.330 e. The van der Waals surface area contributed by atoms with Gasteiger partial charge in [-0.1, -0.05) is 30.3 Å². The summed E-state index contributed by atoms with van der Waals surface area (Å²) in [5.41, 5.74) is 12.0. The Kier molecular flexibility index (Phi) is 4.22. The summed E-state index contributed by atoms with van der Waals surface area (Å²) in [7, 11) is 0. The average Bonchev–Trinajstić information content (AvgIpc) is 2.45. The summed E-state index contributed by atoms with van der Waals surface area (Å²) < 4.78 is 0. The summed E-state index contributed by atoms with van der Waals surface area (Å²) in [5, 5.41) is 2.93. The zero-order chi connectivity index (χ0) is 15.4. The molecule has 0 saturated carbocycles. The van der Waals surface area contributed by atoms with E-state index in [9.17, 15) is 9.59 Å². The van der Waals surface area contributed by atoms with Crippen molar-refractivity contribution in [2.45, 2.75) is 19.9 Å². The van der Waals surface area contributed by atoms with Crippen LogP contribution in [0.1, 0.15) is 25.5 Å². The van der Waals surface area contributed by atoms with Gasteiger partial charge in [-0.25, -0.2) is 15.2 Å². The van der Waals surface area contributed by atoms with Crippen LogP contribution in [0.2, 0.25) is 0 Å². The lowest BCUT2D eigenvalue weighted by Crippen LogP contribution is -2.51. The van der Waals surface area contributed by atoms with Gasteiger partial charge in [0, 0.05) is 11.3 Å². The predicted octanol–water partition coefficient (Wildman–Crippen LogP) is 0.723. The quantitative estimate of drug-likeness (QED) is 0.601. The first kappa shape index (κ1) is 14.6. The normalized spacial score (nSPS) is 17.6. The molecule has 0 aliphatic carbocycles. The second kappa shape index (κ2) is 6.08. The van der Waals surface area contributed by atoms with Crippen molar-refractivity contribution in [3.63, 3.8) is 0 Å². The molecule has 1 aromatic rings. The number of Topliss-reactive ketones (excluding diaryl/α,β-unsaturated/α-hetero) is 1. The minimum Gasteiger partial charge on any atom is -0.350 e. The number of primary amides is 1. The lowest BCUT2D eigenvalue weighted by atomic mass is 9.94. The van der Waals surface area contributed by atoms with Crippen molar-refractivity contribution in [2.75, 3.05) is 0 Å². The largest absolute Gasteiger partial charge is 0.350 e. The van der Waals surface area contributed by atoms with Crippen LogP contribution in [0.3, 0.4) is 0 Å². The van der Waals surface area contributed by atoms with Gasteiger partial charge in [0.05, 0.1) is 0 Å². The molecule has 0 bridgehead atoms. The molecule has 0 radical (unpaired) electrons. The van der Waals surface area contributed by atoms with E-state index >= 15 is 0 Å². The van der Waals surface area contributed by atoms with E-state index in [1.807, 2.05) is 30.3 Å². The molecule has 1 unspecified atom stereocenters. The van der Waals surface area contributed by atoms with Crippen molar-refractivity contribution >= 4 is 17.8 Å². The van der Waals surface area contributed by atoms with E-state index in [2.05, 4.69) is 21.2 Å². The molecule has 110 valence electrons. The highest BCUT2D eigenvalue weighted by Crippen LogP contribution is 2.30. The van der Waals surface area contributed by atoms with Gasteiger partial charge in [0.15, 0.2) is 5.78 Å². The van der Waals surface area contributed by atoms with Crippen LogP contribution in [-0.2, 0) is 4.79 Å². The molecule has 2 rings (SSSR count). The molecule has 1 atom stereocenters. The third-order valence-corrected chi connectivity index (χ3v) is 3.04. The number of aliphatic imine (C=N–C) groups is 1. The molecule has 5 N–H and O–H groups in total. The van der Waals surface area contributed by atoms with Crippen LogP contribution in [0.5, 0.6) is 0 Å². The Labute approximate surface area is 122 Å². The Bertz CT molecular complexity index is 622. The fourth-order valence-corrected chi connectivity index (χ4v) is 2.19. The molecule has 2 amide bonds. The molecular weight excluding hydrogens is 270 g/mol. The molecule has 0 fully saturated rings. The number of nitrogens with one attached hydrogen (secondary N) is 3. The van der Waals surface area contributed by atoms with E-state index in [1.165, 1.54) is 6.92 Å². The number of allylic oxidation sites excluding steroid dienone is 1. The number of hydrogen-bond donors (Lipinski definition) is 4. The summed E-state index contributed by atoms with van der Waals surface area (Å²) in [6.45, 7) is 3.29. The van der Waals surface area contributed by atoms with Gasteiger partial charge >= 0.3 is 6.03 Å². The molecular formula is C14H17N5O2. The van der Waals surface area contributed by atoms with Gasteiger partial charge in [0.2, 0.25) is 5.96 Å². The number of urea groups is 1.